The topological polar surface area (TPSA) is 57.7 Å². The van der Waals surface area contributed by atoms with Crippen molar-refractivity contribution in [3.8, 4) is 0 Å². The van der Waals surface area contributed by atoms with Crippen LogP contribution in [0.3, 0.4) is 0 Å². The number of sulfonamides is 1. The largest absolute Gasteiger partial charge is 0.309 e. The Kier molecular flexibility index (Phi) is 4.86. The summed E-state index contributed by atoms with van der Waals surface area (Å²) in [5.41, 5.74) is 2.80. The maximum absolute atomic E-state index is 13.1. The first kappa shape index (κ1) is 18.5. The van der Waals surface area contributed by atoms with Gasteiger partial charge in [0.25, 0.3) is 0 Å². The highest BCUT2D eigenvalue weighted by Crippen LogP contribution is 2.28. The Morgan fingerprint density at radius 1 is 1.04 bits per heavy atom. The maximum atomic E-state index is 13.1. The van der Waals surface area contributed by atoms with Gasteiger partial charge in [-0.05, 0) is 62.2 Å². The molecule has 0 radical (unpaired) electrons. The lowest BCUT2D eigenvalue weighted by Gasteiger charge is -2.38. The average molecular weight is 376 g/mol. The number of hydrogen-bond donors (Lipinski definition) is 0. The van der Waals surface area contributed by atoms with Gasteiger partial charge in [0.05, 0.1) is 4.90 Å². The molecule has 0 N–H and O–H groups in total. The van der Waals surface area contributed by atoms with Gasteiger partial charge in [-0.3, -0.25) is 4.79 Å². The lowest BCUT2D eigenvalue weighted by molar-refractivity contribution is -0.123. The molecule has 5 nitrogen and oxygen atoms in total. The number of anilines is 1. The first-order valence-electron chi connectivity index (χ1n) is 8.38. The summed E-state index contributed by atoms with van der Waals surface area (Å²) in [5, 5.41) is 0. The zero-order valence-corrected chi connectivity index (χ0v) is 15.8. The second-order valence-corrected chi connectivity index (χ2v) is 8.42. The molecule has 1 unspecified atom stereocenters. The molecule has 7 heteroatoms. The molecule has 0 spiro atoms. The van der Waals surface area contributed by atoms with E-state index in [1.807, 2.05) is 32.0 Å². The Morgan fingerprint density at radius 3 is 2.35 bits per heavy atom. The standard InChI is InChI=1S/C19H21FN2O3S/c1-13-4-5-14(2)18(12-13)21-10-11-22(15(3)19(21)23)26(24,25)17-8-6-16(20)7-9-17/h4-9,12,15H,10-11H2,1-3H3. The first-order chi connectivity index (χ1) is 12.2. The van der Waals surface area contributed by atoms with Crippen LogP contribution in [0, 0.1) is 19.7 Å². The molecule has 1 fully saturated rings. The number of hydrogen-bond acceptors (Lipinski definition) is 3. The van der Waals surface area contributed by atoms with Crippen molar-refractivity contribution in [2.24, 2.45) is 0 Å². The molecule has 1 amide bonds. The molecule has 0 bridgehead atoms. The van der Waals surface area contributed by atoms with Gasteiger partial charge < -0.3 is 4.90 Å². The van der Waals surface area contributed by atoms with Crippen molar-refractivity contribution >= 4 is 21.6 Å². The van der Waals surface area contributed by atoms with Gasteiger partial charge in [0.1, 0.15) is 11.9 Å². The molecular formula is C19H21FN2O3S. The summed E-state index contributed by atoms with van der Waals surface area (Å²) in [6.45, 7) is 5.91. The van der Waals surface area contributed by atoms with Gasteiger partial charge in [-0.1, -0.05) is 12.1 Å². The van der Waals surface area contributed by atoms with Gasteiger partial charge in [0.2, 0.25) is 15.9 Å². The van der Waals surface area contributed by atoms with Crippen LogP contribution in [0.5, 0.6) is 0 Å². The van der Waals surface area contributed by atoms with Crippen molar-refractivity contribution in [2.45, 2.75) is 31.7 Å². The van der Waals surface area contributed by atoms with Crippen LogP contribution in [0.25, 0.3) is 0 Å². The number of piperazine rings is 1. The Balaban J connectivity index is 1.90. The molecular weight excluding hydrogens is 355 g/mol. The second kappa shape index (κ2) is 6.81. The number of carbonyl (C=O) groups is 1. The summed E-state index contributed by atoms with van der Waals surface area (Å²) >= 11 is 0. The lowest BCUT2D eigenvalue weighted by Crippen LogP contribution is -2.57. The van der Waals surface area contributed by atoms with Gasteiger partial charge in [-0.2, -0.15) is 4.31 Å². The van der Waals surface area contributed by atoms with Crippen molar-refractivity contribution in [3.63, 3.8) is 0 Å². The zero-order valence-electron chi connectivity index (χ0n) is 14.9. The minimum atomic E-state index is -3.87. The van der Waals surface area contributed by atoms with E-state index < -0.39 is 21.9 Å². The third-order valence-electron chi connectivity index (χ3n) is 4.68. The quantitative estimate of drug-likeness (QED) is 0.828. The highest BCUT2D eigenvalue weighted by Gasteiger charge is 2.39. The number of aryl methyl sites for hydroxylation is 2. The predicted octanol–water partition coefficient (Wildman–Crippen LogP) is 2.87. The molecule has 3 rings (SSSR count). The first-order valence-corrected chi connectivity index (χ1v) is 9.82. The van der Waals surface area contributed by atoms with Crippen molar-refractivity contribution < 1.29 is 17.6 Å². The van der Waals surface area contributed by atoms with Gasteiger partial charge in [0, 0.05) is 18.8 Å². The van der Waals surface area contributed by atoms with Crippen LogP contribution in [-0.2, 0) is 14.8 Å². The molecule has 2 aromatic carbocycles. The monoisotopic (exact) mass is 376 g/mol. The van der Waals surface area contributed by atoms with Crippen LogP contribution < -0.4 is 4.90 Å². The van der Waals surface area contributed by atoms with Gasteiger partial charge >= 0.3 is 0 Å². The van der Waals surface area contributed by atoms with Crippen molar-refractivity contribution in [2.75, 3.05) is 18.0 Å². The maximum Gasteiger partial charge on any atom is 0.245 e. The number of rotatable bonds is 3. The molecule has 0 aliphatic carbocycles. The van der Waals surface area contributed by atoms with E-state index in [2.05, 4.69) is 0 Å². The molecule has 1 heterocycles. The van der Waals surface area contributed by atoms with Gasteiger partial charge in [-0.25, -0.2) is 12.8 Å². The van der Waals surface area contributed by atoms with Crippen molar-refractivity contribution in [1.82, 2.24) is 4.31 Å². The third-order valence-corrected chi connectivity index (χ3v) is 6.66. The average Bonchev–Trinajstić information content (AvgIpc) is 2.60. The van der Waals surface area contributed by atoms with Crippen LogP contribution in [-0.4, -0.2) is 37.8 Å². The Labute approximate surface area is 153 Å². The molecule has 1 saturated heterocycles. The number of carbonyl (C=O) groups excluding carboxylic acids is 1. The fourth-order valence-electron chi connectivity index (χ4n) is 3.17. The summed E-state index contributed by atoms with van der Waals surface area (Å²) < 4.78 is 40.0. The molecule has 26 heavy (non-hydrogen) atoms. The van der Waals surface area contributed by atoms with E-state index in [4.69, 9.17) is 0 Å². The Morgan fingerprint density at radius 2 is 1.69 bits per heavy atom. The number of nitrogens with zero attached hydrogens (tertiary/aromatic N) is 2. The summed E-state index contributed by atoms with van der Waals surface area (Å²) in [5.74, 6) is -0.775. The van der Waals surface area contributed by atoms with E-state index in [9.17, 15) is 17.6 Å². The minimum absolute atomic E-state index is 0.0151. The Bertz CT molecular complexity index is 942. The van der Waals surface area contributed by atoms with Crippen molar-refractivity contribution in [3.05, 3.63) is 59.4 Å². The van der Waals surface area contributed by atoms with Crippen LogP contribution in [0.4, 0.5) is 10.1 Å². The summed E-state index contributed by atoms with van der Waals surface area (Å²) in [4.78, 5) is 14.5. The van der Waals surface area contributed by atoms with Crippen molar-refractivity contribution in [1.29, 1.82) is 0 Å². The van der Waals surface area contributed by atoms with Gasteiger partial charge in [-0.15, -0.1) is 0 Å². The fraction of sp³-hybridized carbons (Fsp3) is 0.316. The van der Waals surface area contributed by atoms with E-state index in [-0.39, 0.29) is 23.9 Å². The Hall–Kier alpha value is -2.25. The lowest BCUT2D eigenvalue weighted by atomic mass is 10.1. The highest BCUT2D eigenvalue weighted by atomic mass is 32.2. The van der Waals surface area contributed by atoms with E-state index >= 15 is 0 Å². The molecule has 1 aliphatic rings. The zero-order chi connectivity index (χ0) is 19.1. The highest BCUT2D eigenvalue weighted by molar-refractivity contribution is 7.89. The molecule has 0 aromatic heterocycles. The summed E-state index contributed by atoms with van der Waals surface area (Å²) in [6.07, 6.45) is 0. The van der Waals surface area contributed by atoms with Crippen LogP contribution in [0.1, 0.15) is 18.1 Å². The van der Waals surface area contributed by atoms with Crippen LogP contribution in [0.15, 0.2) is 47.4 Å². The normalized spacial score (nSPS) is 19.0. The van der Waals surface area contributed by atoms with E-state index in [1.165, 1.54) is 16.4 Å². The third kappa shape index (κ3) is 3.24. The molecule has 0 saturated carbocycles. The predicted molar refractivity (Wildman–Crippen MR) is 98.0 cm³/mol. The second-order valence-electron chi connectivity index (χ2n) is 6.53. The van der Waals surface area contributed by atoms with E-state index in [1.54, 1.807) is 11.8 Å². The van der Waals surface area contributed by atoms with E-state index in [0.717, 1.165) is 28.9 Å². The minimum Gasteiger partial charge on any atom is -0.309 e. The van der Waals surface area contributed by atoms with Crippen LogP contribution >= 0.6 is 0 Å². The molecule has 1 aliphatic heterocycles. The van der Waals surface area contributed by atoms with E-state index in [0.29, 0.717) is 0 Å². The van der Waals surface area contributed by atoms with Crippen LogP contribution in [0.2, 0.25) is 0 Å². The SMILES string of the molecule is Cc1ccc(C)c(N2CCN(S(=O)(=O)c3ccc(F)cc3)C(C)C2=O)c1. The van der Waals surface area contributed by atoms with Gasteiger partial charge in [0.15, 0.2) is 0 Å². The smallest absolute Gasteiger partial charge is 0.245 e. The molecule has 1 atom stereocenters. The number of halogens is 1. The molecule has 138 valence electrons. The number of amides is 1. The summed E-state index contributed by atoms with van der Waals surface area (Å²) in [7, 11) is -3.87. The fourth-order valence-corrected chi connectivity index (χ4v) is 4.75. The molecule has 2 aromatic rings. The summed E-state index contributed by atoms with van der Waals surface area (Å²) in [6, 6.07) is 9.67. The number of benzene rings is 2.